The van der Waals surface area contributed by atoms with Crippen molar-refractivity contribution in [1.29, 1.82) is 0 Å². The summed E-state index contributed by atoms with van der Waals surface area (Å²) in [7, 11) is 4.16. The fourth-order valence-corrected chi connectivity index (χ4v) is 3.75. The van der Waals surface area contributed by atoms with E-state index in [-0.39, 0.29) is 5.91 Å². The third kappa shape index (κ3) is 3.82. The molecule has 0 N–H and O–H groups in total. The van der Waals surface area contributed by atoms with Crippen molar-refractivity contribution in [2.75, 3.05) is 33.7 Å². The normalized spacial score (nSPS) is 18.6. The van der Waals surface area contributed by atoms with Gasteiger partial charge < -0.3 is 14.4 Å². The molecule has 6 heteroatoms. The average Bonchev–Trinajstić information content (AvgIpc) is 3.23. The monoisotopic (exact) mass is 332 g/mol. The summed E-state index contributed by atoms with van der Waals surface area (Å²) in [5.41, 5.74) is 0.812. The number of piperidine rings is 1. The van der Waals surface area contributed by atoms with E-state index in [4.69, 9.17) is 0 Å². The predicted octanol–water partition coefficient (Wildman–Crippen LogP) is 2.53. The maximum absolute atomic E-state index is 12.6. The van der Waals surface area contributed by atoms with E-state index in [2.05, 4.69) is 34.7 Å². The first-order valence-corrected chi connectivity index (χ1v) is 9.06. The Balaban J connectivity index is 1.69. The lowest BCUT2D eigenvalue weighted by atomic mass is 9.96. The smallest absolute Gasteiger partial charge is 0.254 e. The first-order chi connectivity index (χ1) is 11.1. The van der Waals surface area contributed by atoms with Crippen molar-refractivity contribution in [2.45, 2.75) is 25.3 Å². The van der Waals surface area contributed by atoms with Gasteiger partial charge in [-0.25, -0.2) is 4.98 Å². The van der Waals surface area contributed by atoms with Gasteiger partial charge in [0, 0.05) is 49.9 Å². The molecule has 0 bridgehead atoms. The number of carbonyl (C=O) groups is 1. The van der Waals surface area contributed by atoms with Gasteiger partial charge in [-0.15, -0.1) is 0 Å². The van der Waals surface area contributed by atoms with E-state index >= 15 is 0 Å². The van der Waals surface area contributed by atoms with Crippen molar-refractivity contribution >= 4 is 17.2 Å². The molecule has 2 aromatic rings. The predicted molar refractivity (Wildman–Crippen MR) is 93.0 cm³/mol. The largest absolute Gasteiger partial charge is 0.338 e. The van der Waals surface area contributed by atoms with Crippen LogP contribution in [0.2, 0.25) is 0 Å². The SMILES string of the molecule is CN(C)CCn1ccnc1[C@@H]1CCCN(C(=O)c2ccsc2)C1. The zero-order valence-electron chi connectivity index (χ0n) is 13.8. The molecule has 1 saturated heterocycles. The molecule has 124 valence electrons. The fraction of sp³-hybridized carbons (Fsp3) is 0.529. The molecule has 23 heavy (non-hydrogen) atoms. The third-order valence-electron chi connectivity index (χ3n) is 4.38. The number of rotatable bonds is 5. The van der Waals surface area contributed by atoms with E-state index in [1.807, 2.05) is 27.9 Å². The van der Waals surface area contributed by atoms with Crippen molar-refractivity contribution in [3.63, 3.8) is 0 Å². The van der Waals surface area contributed by atoms with Crippen LogP contribution in [0.3, 0.4) is 0 Å². The minimum Gasteiger partial charge on any atom is -0.338 e. The summed E-state index contributed by atoms with van der Waals surface area (Å²) in [5, 5.41) is 3.90. The first kappa shape index (κ1) is 16.2. The number of likely N-dealkylation sites (tertiary alicyclic amines) is 1. The Kier molecular flexibility index (Phi) is 5.13. The Hall–Kier alpha value is -1.66. The molecule has 0 aromatic carbocycles. The minimum atomic E-state index is 0.155. The number of carbonyl (C=O) groups excluding carboxylic acids is 1. The molecular formula is C17H24N4OS. The van der Waals surface area contributed by atoms with Crippen LogP contribution < -0.4 is 0 Å². The number of aromatic nitrogens is 2. The Morgan fingerprint density at radius 3 is 3.09 bits per heavy atom. The van der Waals surface area contributed by atoms with Crippen LogP contribution in [0.25, 0.3) is 0 Å². The van der Waals surface area contributed by atoms with E-state index in [1.54, 1.807) is 11.3 Å². The maximum atomic E-state index is 12.6. The molecule has 3 rings (SSSR count). The highest BCUT2D eigenvalue weighted by Gasteiger charge is 2.28. The van der Waals surface area contributed by atoms with Crippen molar-refractivity contribution in [1.82, 2.24) is 19.4 Å². The van der Waals surface area contributed by atoms with E-state index in [0.717, 1.165) is 50.4 Å². The van der Waals surface area contributed by atoms with Gasteiger partial charge in [0.25, 0.3) is 5.91 Å². The van der Waals surface area contributed by atoms with Crippen LogP contribution in [0.15, 0.2) is 29.2 Å². The van der Waals surface area contributed by atoms with E-state index in [0.29, 0.717) is 5.92 Å². The molecule has 1 atom stereocenters. The third-order valence-corrected chi connectivity index (χ3v) is 5.06. The molecule has 0 unspecified atom stereocenters. The molecule has 2 aromatic heterocycles. The van der Waals surface area contributed by atoms with Gasteiger partial charge in [-0.3, -0.25) is 4.79 Å². The molecule has 1 amide bonds. The molecule has 5 nitrogen and oxygen atoms in total. The number of hydrogen-bond acceptors (Lipinski definition) is 4. The second kappa shape index (κ2) is 7.27. The lowest BCUT2D eigenvalue weighted by Gasteiger charge is -2.32. The van der Waals surface area contributed by atoms with Gasteiger partial charge in [-0.1, -0.05) is 0 Å². The number of likely N-dealkylation sites (N-methyl/N-ethyl adjacent to an activating group) is 1. The highest BCUT2D eigenvalue weighted by Crippen LogP contribution is 2.27. The lowest BCUT2D eigenvalue weighted by molar-refractivity contribution is 0.0703. The molecule has 0 spiro atoms. The van der Waals surface area contributed by atoms with Gasteiger partial charge in [0.1, 0.15) is 5.82 Å². The lowest BCUT2D eigenvalue weighted by Crippen LogP contribution is -2.39. The van der Waals surface area contributed by atoms with Crippen LogP contribution in [0.1, 0.15) is 34.9 Å². The maximum Gasteiger partial charge on any atom is 0.254 e. The highest BCUT2D eigenvalue weighted by molar-refractivity contribution is 7.08. The van der Waals surface area contributed by atoms with Gasteiger partial charge in [0.2, 0.25) is 0 Å². The van der Waals surface area contributed by atoms with Gasteiger partial charge >= 0.3 is 0 Å². The Labute approximate surface area is 141 Å². The van der Waals surface area contributed by atoms with Crippen LogP contribution >= 0.6 is 11.3 Å². The minimum absolute atomic E-state index is 0.155. The molecule has 0 radical (unpaired) electrons. The van der Waals surface area contributed by atoms with Crippen LogP contribution in [0.4, 0.5) is 0 Å². The summed E-state index contributed by atoms with van der Waals surface area (Å²) in [6.07, 6.45) is 6.08. The summed E-state index contributed by atoms with van der Waals surface area (Å²) in [6, 6.07) is 1.91. The Morgan fingerprint density at radius 1 is 1.48 bits per heavy atom. The van der Waals surface area contributed by atoms with Crippen molar-refractivity contribution < 1.29 is 4.79 Å². The van der Waals surface area contributed by atoms with Crippen molar-refractivity contribution in [3.8, 4) is 0 Å². The number of nitrogens with zero attached hydrogens (tertiary/aromatic N) is 4. The van der Waals surface area contributed by atoms with Gasteiger partial charge in [0.05, 0.1) is 5.56 Å². The Morgan fingerprint density at radius 2 is 2.35 bits per heavy atom. The molecule has 0 saturated carbocycles. The van der Waals surface area contributed by atoms with Crippen molar-refractivity contribution in [2.24, 2.45) is 0 Å². The molecule has 1 aliphatic rings. The topological polar surface area (TPSA) is 41.4 Å². The van der Waals surface area contributed by atoms with Gasteiger partial charge in [-0.2, -0.15) is 11.3 Å². The number of imidazole rings is 1. The molecule has 3 heterocycles. The molecule has 1 aliphatic heterocycles. The standard InChI is InChI=1S/C17H24N4OS/c1-19(2)9-10-20-8-6-18-16(20)14-4-3-7-21(12-14)17(22)15-5-11-23-13-15/h5-6,8,11,13-14H,3-4,7,9-10,12H2,1-2H3/t14-/m1/s1. The summed E-state index contributed by atoms with van der Waals surface area (Å²) in [6.45, 7) is 3.56. The second-order valence-corrected chi connectivity index (χ2v) is 7.16. The molecule has 1 fully saturated rings. The summed E-state index contributed by atoms with van der Waals surface area (Å²) in [4.78, 5) is 21.3. The Bertz CT molecular complexity index is 635. The zero-order valence-corrected chi connectivity index (χ0v) is 14.6. The van der Waals surface area contributed by atoms with Crippen molar-refractivity contribution in [3.05, 3.63) is 40.6 Å². The van der Waals surface area contributed by atoms with E-state index < -0.39 is 0 Å². The van der Waals surface area contributed by atoms with E-state index in [9.17, 15) is 4.79 Å². The summed E-state index contributed by atoms with van der Waals surface area (Å²) >= 11 is 1.57. The molecule has 0 aliphatic carbocycles. The van der Waals surface area contributed by atoms with Gasteiger partial charge in [0.15, 0.2) is 0 Å². The number of thiophene rings is 1. The second-order valence-electron chi connectivity index (χ2n) is 6.38. The fourth-order valence-electron chi connectivity index (χ4n) is 3.12. The quantitative estimate of drug-likeness (QED) is 0.845. The number of hydrogen-bond donors (Lipinski definition) is 0. The van der Waals surface area contributed by atoms with Crippen LogP contribution in [0, 0.1) is 0 Å². The summed E-state index contributed by atoms with van der Waals surface area (Å²) in [5.74, 6) is 1.61. The van der Waals surface area contributed by atoms with Crippen LogP contribution in [-0.4, -0.2) is 59.0 Å². The average molecular weight is 332 g/mol. The van der Waals surface area contributed by atoms with E-state index in [1.165, 1.54) is 0 Å². The van der Waals surface area contributed by atoms with Crippen LogP contribution in [0.5, 0.6) is 0 Å². The highest BCUT2D eigenvalue weighted by atomic mass is 32.1. The zero-order chi connectivity index (χ0) is 16.2. The van der Waals surface area contributed by atoms with Gasteiger partial charge in [-0.05, 0) is 38.4 Å². The summed E-state index contributed by atoms with van der Waals surface area (Å²) < 4.78 is 2.24. The first-order valence-electron chi connectivity index (χ1n) is 8.12. The molecular weight excluding hydrogens is 308 g/mol. The number of amides is 1. The van der Waals surface area contributed by atoms with Crippen LogP contribution in [-0.2, 0) is 6.54 Å².